The van der Waals surface area contributed by atoms with Gasteiger partial charge in [0.05, 0.1) is 6.61 Å². The summed E-state index contributed by atoms with van der Waals surface area (Å²) in [6, 6.07) is 9.37. The summed E-state index contributed by atoms with van der Waals surface area (Å²) in [5.74, 6) is 0. The van der Waals surface area contributed by atoms with Gasteiger partial charge in [-0.05, 0) is 43.4 Å². The van der Waals surface area contributed by atoms with E-state index in [1.165, 1.54) is 24.0 Å². The molecule has 1 saturated carbocycles. The third-order valence-electron chi connectivity index (χ3n) is 3.42. The Hall–Kier alpha value is -0.900. The Bertz CT molecular complexity index is 364. The molecule has 0 unspecified atom stereocenters. The van der Waals surface area contributed by atoms with Crippen LogP contribution in [0.5, 0.6) is 0 Å². The number of hydrogen-bond donors (Lipinski definition) is 1. The van der Waals surface area contributed by atoms with Gasteiger partial charge in [0.2, 0.25) is 0 Å². The molecule has 3 heteroatoms. The molecule has 1 aromatic rings. The Morgan fingerprint density at radius 3 is 2.68 bits per heavy atom. The van der Waals surface area contributed by atoms with E-state index in [4.69, 9.17) is 9.47 Å². The van der Waals surface area contributed by atoms with Crippen LogP contribution in [0.2, 0.25) is 0 Å². The van der Waals surface area contributed by atoms with Crippen molar-refractivity contribution in [3.8, 4) is 0 Å². The minimum atomic E-state index is 0.712. The molecule has 106 valence electrons. The van der Waals surface area contributed by atoms with Crippen LogP contribution in [0.1, 0.15) is 30.4 Å². The van der Waals surface area contributed by atoms with Gasteiger partial charge in [0.25, 0.3) is 0 Å². The molecular weight excluding hydrogens is 238 g/mol. The summed E-state index contributed by atoms with van der Waals surface area (Å²) in [7, 11) is 1.72. The van der Waals surface area contributed by atoms with Gasteiger partial charge >= 0.3 is 0 Å². The highest BCUT2D eigenvalue weighted by molar-refractivity contribution is 5.26. The van der Waals surface area contributed by atoms with Crippen molar-refractivity contribution in [2.75, 3.05) is 26.9 Å². The Labute approximate surface area is 116 Å². The largest absolute Gasteiger partial charge is 0.385 e. The Morgan fingerprint density at radius 2 is 1.95 bits per heavy atom. The molecule has 0 aromatic heterocycles. The SMILES string of the molecule is COCCCOCc1ccccc1CCNC1CC1. The van der Waals surface area contributed by atoms with E-state index in [1.807, 2.05) is 0 Å². The minimum absolute atomic E-state index is 0.712. The highest BCUT2D eigenvalue weighted by atomic mass is 16.5. The summed E-state index contributed by atoms with van der Waals surface area (Å²) in [5, 5.41) is 3.56. The predicted octanol–water partition coefficient (Wildman–Crippen LogP) is 2.53. The maximum Gasteiger partial charge on any atom is 0.0719 e. The van der Waals surface area contributed by atoms with E-state index in [9.17, 15) is 0 Å². The van der Waals surface area contributed by atoms with Crippen molar-refractivity contribution >= 4 is 0 Å². The monoisotopic (exact) mass is 263 g/mol. The molecule has 0 spiro atoms. The van der Waals surface area contributed by atoms with Crippen molar-refractivity contribution in [2.45, 2.75) is 38.3 Å². The molecule has 0 saturated heterocycles. The van der Waals surface area contributed by atoms with E-state index in [0.717, 1.165) is 38.6 Å². The Morgan fingerprint density at radius 1 is 1.16 bits per heavy atom. The van der Waals surface area contributed by atoms with Crippen molar-refractivity contribution < 1.29 is 9.47 Å². The lowest BCUT2D eigenvalue weighted by Crippen LogP contribution is -2.19. The number of ether oxygens (including phenoxy) is 2. The lowest BCUT2D eigenvalue weighted by atomic mass is 10.1. The normalized spacial score (nSPS) is 14.8. The van der Waals surface area contributed by atoms with Crippen molar-refractivity contribution in [3.63, 3.8) is 0 Å². The van der Waals surface area contributed by atoms with E-state index in [2.05, 4.69) is 29.6 Å². The second-order valence-electron chi connectivity index (χ2n) is 5.15. The molecule has 1 fully saturated rings. The summed E-state index contributed by atoms with van der Waals surface area (Å²) in [4.78, 5) is 0. The summed E-state index contributed by atoms with van der Waals surface area (Å²) >= 11 is 0. The van der Waals surface area contributed by atoms with Gasteiger partial charge < -0.3 is 14.8 Å². The molecule has 2 rings (SSSR count). The zero-order chi connectivity index (χ0) is 13.3. The fraction of sp³-hybridized carbons (Fsp3) is 0.625. The molecular formula is C16H25NO2. The highest BCUT2D eigenvalue weighted by Crippen LogP contribution is 2.18. The lowest BCUT2D eigenvalue weighted by molar-refractivity contribution is 0.0925. The third kappa shape index (κ3) is 5.72. The molecule has 0 radical (unpaired) electrons. The van der Waals surface area contributed by atoms with Gasteiger partial charge in [-0.25, -0.2) is 0 Å². The average molecular weight is 263 g/mol. The van der Waals surface area contributed by atoms with Crippen LogP contribution in [0.15, 0.2) is 24.3 Å². The molecule has 0 heterocycles. The van der Waals surface area contributed by atoms with Crippen molar-refractivity contribution in [1.82, 2.24) is 5.32 Å². The maximum absolute atomic E-state index is 5.70. The Kier molecular flexibility index (Phi) is 6.34. The van der Waals surface area contributed by atoms with E-state index in [-0.39, 0.29) is 0 Å². The van der Waals surface area contributed by atoms with Crippen molar-refractivity contribution in [2.24, 2.45) is 0 Å². The number of methoxy groups -OCH3 is 1. The first-order valence-corrected chi connectivity index (χ1v) is 7.27. The summed E-state index contributed by atoms with van der Waals surface area (Å²) in [6.07, 6.45) is 4.75. The van der Waals surface area contributed by atoms with Crippen LogP contribution in [-0.4, -0.2) is 32.9 Å². The molecule has 19 heavy (non-hydrogen) atoms. The van der Waals surface area contributed by atoms with E-state index < -0.39 is 0 Å². The molecule has 0 bridgehead atoms. The summed E-state index contributed by atoms with van der Waals surface area (Å²) in [6.45, 7) is 3.32. The Balaban J connectivity index is 1.71. The lowest BCUT2D eigenvalue weighted by Gasteiger charge is -2.10. The van der Waals surface area contributed by atoms with Crippen molar-refractivity contribution in [3.05, 3.63) is 35.4 Å². The van der Waals surface area contributed by atoms with Crippen LogP contribution < -0.4 is 5.32 Å². The van der Waals surface area contributed by atoms with Crippen molar-refractivity contribution in [1.29, 1.82) is 0 Å². The minimum Gasteiger partial charge on any atom is -0.385 e. The molecule has 0 aliphatic heterocycles. The van der Waals surface area contributed by atoms with Crippen LogP contribution in [0.4, 0.5) is 0 Å². The fourth-order valence-corrected chi connectivity index (χ4v) is 2.13. The van der Waals surface area contributed by atoms with Crippen LogP contribution in [0.25, 0.3) is 0 Å². The van der Waals surface area contributed by atoms with Gasteiger partial charge in [-0.15, -0.1) is 0 Å². The molecule has 3 nitrogen and oxygen atoms in total. The maximum atomic E-state index is 5.70. The van der Waals surface area contributed by atoms with Gasteiger partial charge in [0.15, 0.2) is 0 Å². The standard InChI is InChI=1S/C16H25NO2/c1-18-11-4-12-19-13-15-6-3-2-5-14(15)9-10-17-16-7-8-16/h2-3,5-6,16-17H,4,7-13H2,1H3. The molecule has 1 aromatic carbocycles. The second kappa shape index (κ2) is 8.31. The summed E-state index contributed by atoms with van der Waals surface area (Å²) < 4.78 is 10.7. The van der Waals surface area contributed by atoms with E-state index >= 15 is 0 Å². The molecule has 1 aliphatic rings. The zero-order valence-corrected chi connectivity index (χ0v) is 11.9. The van der Waals surface area contributed by atoms with Crippen LogP contribution >= 0.6 is 0 Å². The number of rotatable bonds is 10. The number of nitrogens with one attached hydrogen (secondary N) is 1. The van der Waals surface area contributed by atoms with Gasteiger partial charge in [-0.2, -0.15) is 0 Å². The van der Waals surface area contributed by atoms with Gasteiger partial charge in [0.1, 0.15) is 0 Å². The predicted molar refractivity (Wildman–Crippen MR) is 77.3 cm³/mol. The first-order valence-electron chi connectivity index (χ1n) is 7.27. The van der Waals surface area contributed by atoms with Crippen LogP contribution in [-0.2, 0) is 22.5 Å². The van der Waals surface area contributed by atoms with Gasteiger partial charge in [0, 0.05) is 26.4 Å². The van der Waals surface area contributed by atoms with E-state index in [1.54, 1.807) is 7.11 Å². The third-order valence-corrected chi connectivity index (χ3v) is 3.42. The summed E-state index contributed by atoms with van der Waals surface area (Å²) in [5.41, 5.74) is 2.72. The molecule has 1 N–H and O–H groups in total. The van der Waals surface area contributed by atoms with E-state index in [0.29, 0.717) is 6.61 Å². The quantitative estimate of drug-likeness (QED) is 0.658. The zero-order valence-electron chi connectivity index (χ0n) is 11.9. The molecule has 0 atom stereocenters. The average Bonchev–Trinajstić information content (AvgIpc) is 3.24. The smallest absolute Gasteiger partial charge is 0.0719 e. The first kappa shape index (κ1) is 14.5. The van der Waals surface area contributed by atoms with Gasteiger partial charge in [-0.1, -0.05) is 24.3 Å². The highest BCUT2D eigenvalue weighted by Gasteiger charge is 2.19. The number of benzene rings is 1. The first-order chi connectivity index (χ1) is 9.40. The van der Waals surface area contributed by atoms with Crippen LogP contribution in [0, 0.1) is 0 Å². The van der Waals surface area contributed by atoms with Crippen LogP contribution in [0.3, 0.4) is 0 Å². The van der Waals surface area contributed by atoms with Gasteiger partial charge in [-0.3, -0.25) is 0 Å². The molecule has 1 aliphatic carbocycles. The molecule has 0 amide bonds. The topological polar surface area (TPSA) is 30.5 Å². The number of hydrogen-bond acceptors (Lipinski definition) is 3. The fourth-order valence-electron chi connectivity index (χ4n) is 2.13. The second-order valence-corrected chi connectivity index (χ2v) is 5.15.